The van der Waals surface area contributed by atoms with E-state index >= 15 is 0 Å². The minimum atomic E-state index is 0.701. The highest BCUT2D eigenvalue weighted by Gasteiger charge is 2.10. The molecule has 1 rings (SSSR count). The summed E-state index contributed by atoms with van der Waals surface area (Å²) in [6.45, 7) is 10.0. The molecule has 1 heteroatoms. The quantitative estimate of drug-likeness (QED) is 0.569. The van der Waals surface area contributed by atoms with Gasteiger partial charge in [-0.05, 0) is 51.2 Å². The molecular weight excluding hydrogens is 146 g/mol. The van der Waals surface area contributed by atoms with Gasteiger partial charge in [-0.15, -0.1) is 6.58 Å². The highest BCUT2D eigenvalue weighted by atomic mass is 15.1. The normalized spacial score (nSPS) is 21.1. The van der Waals surface area contributed by atoms with E-state index in [4.69, 9.17) is 0 Å². The van der Waals surface area contributed by atoms with Gasteiger partial charge in [0.05, 0.1) is 0 Å². The lowest BCUT2D eigenvalue weighted by Crippen LogP contribution is -2.20. The number of allylic oxidation sites excluding steroid dienone is 1. The van der Waals surface area contributed by atoms with E-state index in [1.807, 2.05) is 0 Å². The molecule has 1 heterocycles. The predicted molar refractivity (Wildman–Crippen MR) is 54.3 cm³/mol. The Morgan fingerprint density at radius 3 is 2.67 bits per heavy atom. The van der Waals surface area contributed by atoms with Gasteiger partial charge in [0.1, 0.15) is 0 Å². The van der Waals surface area contributed by atoms with Crippen LogP contribution in [0.5, 0.6) is 0 Å². The molecule has 1 saturated heterocycles. The zero-order valence-electron chi connectivity index (χ0n) is 8.26. The predicted octanol–water partition coefficient (Wildman–Crippen LogP) is 2.68. The molecule has 0 radical (unpaired) electrons. The molecule has 1 nitrogen and oxygen atoms in total. The molecule has 0 amide bonds. The van der Waals surface area contributed by atoms with Gasteiger partial charge in [-0.2, -0.15) is 0 Å². The molecule has 1 aliphatic rings. The van der Waals surface area contributed by atoms with Crippen molar-refractivity contribution >= 4 is 0 Å². The maximum Gasteiger partial charge on any atom is -0.00183 e. The fourth-order valence-corrected chi connectivity index (χ4v) is 1.76. The van der Waals surface area contributed by atoms with Gasteiger partial charge in [0.2, 0.25) is 0 Å². The summed E-state index contributed by atoms with van der Waals surface area (Å²) in [5, 5.41) is 0. The van der Waals surface area contributed by atoms with Crippen molar-refractivity contribution in [3.63, 3.8) is 0 Å². The molecule has 0 aromatic heterocycles. The van der Waals surface area contributed by atoms with E-state index < -0.39 is 0 Å². The van der Waals surface area contributed by atoms with Crippen LogP contribution in [0.15, 0.2) is 12.7 Å². The van der Waals surface area contributed by atoms with Gasteiger partial charge in [-0.1, -0.05) is 13.0 Å². The topological polar surface area (TPSA) is 3.24 Å². The summed E-state index contributed by atoms with van der Waals surface area (Å²) in [6.07, 6.45) is 7.53. The van der Waals surface area contributed by atoms with Crippen LogP contribution in [0.3, 0.4) is 0 Å². The van der Waals surface area contributed by atoms with Crippen molar-refractivity contribution in [3.05, 3.63) is 12.7 Å². The van der Waals surface area contributed by atoms with Crippen molar-refractivity contribution in [2.75, 3.05) is 19.6 Å². The van der Waals surface area contributed by atoms with Gasteiger partial charge in [-0.25, -0.2) is 0 Å². The molecule has 1 atom stereocenters. The Balaban J connectivity index is 1.97. The zero-order chi connectivity index (χ0) is 8.81. The zero-order valence-corrected chi connectivity index (χ0v) is 8.26. The third-order valence-electron chi connectivity index (χ3n) is 2.73. The van der Waals surface area contributed by atoms with E-state index in [0.717, 1.165) is 0 Å². The second-order valence-electron chi connectivity index (χ2n) is 3.90. The first kappa shape index (κ1) is 9.79. The maximum absolute atomic E-state index is 3.80. The first-order valence-electron chi connectivity index (χ1n) is 5.18. The van der Waals surface area contributed by atoms with Gasteiger partial charge in [-0.3, -0.25) is 0 Å². The van der Waals surface area contributed by atoms with Gasteiger partial charge >= 0.3 is 0 Å². The van der Waals surface area contributed by atoms with Crippen molar-refractivity contribution in [1.82, 2.24) is 4.90 Å². The molecule has 70 valence electrons. The van der Waals surface area contributed by atoms with E-state index in [1.54, 1.807) is 0 Å². The van der Waals surface area contributed by atoms with E-state index in [2.05, 4.69) is 24.5 Å². The van der Waals surface area contributed by atoms with Gasteiger partial charge in [0, 0.05) is 0 Å². The van der Waals surface area contributed by atoms with Crippen molar-refractivity contribution in [2.24, 2.45) is 5.92 Å². The number of hydrogen-bond donors (Lipinski definition) is 0. The summed E-state index contributed by atoms with van der Waals surface area (Å²) in [5.74, 6) is 0.701. The fraction of sp³-hybridized carbons (Fsp3) is 0.818. The molecule has 1 unspecified atom stereocenters. The highest BCUT2D eigenvalue weighted by Crippen LogP contribution is 2.11. The molecule has 1 fully saturated rings. The lowest BCUT2D eigenvalue weighted by atomic mass is 10.1. The molecule has 12 heavy (non-hydrogen) atoms. The molecule has 0 aliphatic carbocycles. The number of nitrogens with zero attached hydrogens (tertiary/aromatic N) is 1. The molecule has 0 N–H and O–H groups in total. The summed E-state index contributed by atoms with van der Waals surface area (Å²) in [7, 11) is 0. The van der Waals surface area contributed by atoms with Gasteiger partial charge in [0.15, 0.2) is 0 Å². The lowest BCUT2D eigenvalue weighted by Gasteiger charge is -2.14. The molecule has 0 spiro atoms. The van der Waals surface area contributed by atoms with Crippen LogP contribution in [-0.4, -0.2) is 24.5 Å². The Bertz CT molecular complexity index is 125. The highest BCUT2D eigenvalue weighted by molar-refractivity contribution is 4.75. The largest absolute Gasteiger partial charge is 0.303 e. The Morgan fingerprint density at radius 1 is 1.42 bits per heavy atom. The molecule has 1 aliphatic heterocycles. The summed E-state index contributed by atoms with van der Waals surface area (Å²) in [4.78, 5) is 2.58. The van der Waals surface area contributed by atoms with Crippen molar-refractivity contribution < 1.29 is 0 Å². The molecule has 0 bridgehead atoms. The Morgan fingerprint density at radius 2 is 2.08 bits per heavy atom. The standard InChI is InChI=1S/C11H21N/c1-3-11(2)7-6-10-12-8-4-5-9-12/h3,11H,1,4-10H2,2H3. The third-order valence-corrected chi connectivity index (χ3v) is 2.73. The van der Waals surface area contributed by atoms with Crippen LogP contribution in [0, 0.1) is 5.92 Å². The second-order valence-corrected chi connectivity index (χ2v) is 3.90. The summed E-state index contributed by atoms with van der Waals surface area (Å²) in [5.41, 5.74) is 0. The minimum absolute atomic E-state index is 0.701. The van der Waals surface area contributed by atoms with Crippen LogP contribution in [0.2, 0.25) is 0 Å². The second kappa shape index (κ2) is 5.36. The Hall–Kier alpha value is -0.300. The van der Waals surface area contributed by atoms with E-state index in [-0.39, 0.29) is 0 Å². The number of rotatable bonds is 5. The lowest BCUT2D eigenvalue weighted by molar-refractivity contribution is 0.324. The van der Waals surface area contributed by atoms with E-state index in [9.17, 15) is 0 Å². The van der Waals surface area contributed by atoms with E-state index in [0.29, 0.717) is 5.92 Å². The average Bonchev–Trinajstić information content (AvgIpc) is 2.57. The van der Waals surface area contributed by atoms with E-state index in [1.165, 1.54) is 45.3 Å². The van der Waals surface area contributed by atoms with Gasteiger partial charge < -0.3 is 4.90 Å². The van der Waals surface area contributed by atoms with Crippen LogP contribution in [0.4, 0.5) is 0 Å². The van der Waals surface area contributed by atoms with Crippen molar-refractivity contribution in [1.29, 1.82) is 0 Å². The number of hydrogen-bond acceptors (Lipinski definition) is 1. The Labute approximate surface area is 76.5 Å². The SMILES string of the molecule is C=CC(C)CCCN1CCCC1. The van der Waals surface area contributed by atoms with Crippen LogP contribution >= 0.6 is 0 Å². The van der Waals surface area contributed by atoms with Crippen LogP contribution < -0.4 is 0 Å². The molecule has 0 saturated carbocycles. The molecular formula is C11H21N. The average molecular weight is 167 g/mol. The number of likely N-dealkylation sites (tertiary alicyclic amines) is 1. The first-order valence-corrected chi connectivity index (χ1v) is 5.18. The summed E-state index contributed by atoms with van der Waals surface area (Å²) < 4.78 is 0. The Kier molecular flexibility index (Phi) is 4.37. The summed E-state index contributed by atoms with van der Waals surface area (Å²) in [6, 6.07) is 0. The van der Waals surface area contributed by atoms with Crippen LogP contribution in [0.1, 0.15) is 32.6 Å². The van der Waals surface area contributed by atoms with Crippen molar-refractivity contribution in [3.8, 4) is 0 Å². The molecule has 0 aromatic rings. The fourth-order valence-electron chi connectivity index (χ4n) is 1.76. The van der Waals surface area contributed by atoms with Gasteiger partial charge in [0.25, 0.3) is 0 Å². The van der Waals surface area contributed by atoms with Crippen molar-refractivity contribution in [2.45, 2.75) is 32.6 Å². The minimum Gasteiger partial charge on any atom is -0.303 e. The third kappa shape index (κ3) is 3.40. The maximum atomic E-state index is 3.80. The first-order chi connectivity index (χ1) is 5.83. The van der Waals surface area contributed by atoms with Crippen LogP contribution in [0.25, 0.3) is 0 Å². The van der Waals surface area contributed by atoms with Crippen LogP contribution in [-0.2, 0) is 0 Å². The monoisotopic (exact) mass is 167 g/mol. The smallest absolute Gasteiger partial charge is 0.00183 e. The molecule has 0 aromatic carbocycles. The summed E-state index contributed by atoms with van der Waals surface area (Å²) >= 11 is 0.